The van der Waals surface area contributed by atoms with E-state index < -0.39 is 18.3 Å². The summed E-state index contributed by atoms with van der Waals surface area (Å²) in [7, 11) is 0. The Balaban J connectivity index is 0.00000321. The van der Waals surface area contributed by atoms with Crippen molar-refractivity contribution in [1.82, 2.24) is 0 Å². The summed E-state index contributed by atoms with van der Waals surface area (Å²) in [5.41, 5.74) is 18.9. The van der Waals surface area contributed by atoms with Crippen LogP contribution >= 0.6 is 24.8 Å². The quantitative estimate of drug-likeness (QED) is 0.165. The number of benzene rings is 4. The van der Waals surface area contributed by atoms with Crippen LogP contribution in [-0.2, 0) is 46.4 Å². The Morgan fingerprint density at radius 2 is 1.08 bits per heavy atom. The molecule has 0 heterocycles. The second-order valence-electron chi connectivity index (χ2n) is 24.0. The average molecular weight is 947 g/mol. The summed E-state index contributed by atoms with van der Waals surface area (Å²) in [4.78, 5) is 0. The molecule has 0 saturated heterocycles. The predicted molar refractivity (Wildman–Crippen MR) is 277 cm³/mol. The van der Waals surface area contributed by atoms with Crippen molar-refractivity contribution in [1.29, 1.82) is 0 Å². The third-order valence-electron chi connectivity index (χ3n) is 16.1. The van der Waals surface area contributed by atoms with Gasteiger partial charge in [-0.1, -0.05) is 0 Å². The summed E-state index contributed by atoms with van der Waals surface area (Å²) in [6.45, 7) is 38.4. The molecule has 3 heteroatoms. The first kappa shape index (κ1) is 48.6. The number of hydrogen-bond acceptors (Lipinski definition) is 0. The van der Waals surface area contributed by atoms with E-state index in [0.29, 0.717) is 5.92 Å². The van der Waals surface area contributed by atoms with Gasteiger partial charge in [0.1, 0.15) is 0 Å². The maximum atomic E-state index is 6.08. The molecule has 0 nitrogen and oxygen atoms in total. The van der Waals surface area contributed by atoms with Crippen LogP contribution in [-0.4, -0.2) is 4.21 Å². The Morgan fingerprint density at radius 3 is 1.53 bits per heavy atom. The molecule has 0 radical (unpaired) electrons. The molecule has 0 amide bonds. The molecule has 4 aromatic carbocycles. The van der Waals surface area contributed by atoms with Gasteiger partial charge in [-0.05, 0) is 0 Å². The first-order chi connectivity index (χ1) is 27.7. The number of halogens is 2. The third kappa shape index (κ3) is 7.30. The van der Waals surface area contributed by atoms with Crippen LogP contribution in [0.25, 0.3) is 22.3 Å². The van der Waals surface area contributed by atoms with Crippen molar-refractivity contribution in [3.63, 3.8) is 0 Å². The molecule has 4 aliphatic carbocycles. The molecule has 0 aromatic heterocycles. The van der Waals surface area contributed by atoms with Gasteiger partial charge < -0.3 is 0 Å². The van der Waals surface area contributed by atoms with Crippen LogP contribution in [0.3, 0.4) is 0 Å². The number of hydrogen-bond donors (Lipinski definition) is 0. The summed E-state index contributed by atoms with van der Waals surface area (Å²) in [6.07, 6.45) is 13.7. The van der Waals surface area contributed by atoms with E-state index in [2.05, 4.69) is 208 Å². The van der Waals surface area contributed by atoms with Gasteiger partial charge in [0.2, 0.25) is 0 Å². The summed E-state index contributed by atoms with van der Waals surface area (Å²) in [5.74, 6) is 0.333. The second-order valence-corrected chi connectivity index (χ2v) is 37.4. The van der Waals surface area contributed by atoms with Gasteiger partial charge in [-0.2, -0.15) is 0 Å². The van der Waals surface area contributed by atoms with E-state index in [1.54, 1.807) is 3.28 Å². The van der Waals surface area contributed by atoms with Crippen molar-refractivity contribution in [3.05, 3.63) is 150 Å². The molecule has 8 rings (SSSR count). The fourth-order valence-electron chi connectivity index (χ4n) is 12.1. The van der Waals surface area contributed by atoms with Crippen LogP contribution in [0.15, 0.2) is 106 Å². The fraction of sp³-hybridized carbons (Fsp3) is 0.441. The topological polar surface area (TPSA) is 0 Å². The Bertz CT molecular complexity index is 2570. The van der Waals surface area contributed by atoms with Crippen molar-refractivity contribution in [2.45, 2.75) is 155 Å². The molecule has 0 aliphatic heterocycles. The number of allylic oxidation sites excluding steroid dienone is 8. The second kappa shape index (κ2) is 15.7. The van der Waals surface area contributed by atoms with Crippen molar-refractivity contribution in [2.24, 2.45) is 11.3 Å². The summed E-state index contributed by atoms with van der Waals surface area (Å²) in [5, 5.41) is 0. The van der Waals surface area contributed by atoms with Crippen LogP contribution in [0.2, 0.25) is 3.63 Å². The standard InChI is InChI=1S/C27H29.C11H17.2C10H13.CH2.2ClH.Zr/c1-16-7-9-26(3,4)24-12-18-11-19-13-25-21(17(2)8-10-27(25,5)6)15-23(19)22(18)14-20(16)24;1-5-9-6-7-10(8-9)11(2,3)4;2*1-10(2,3)9-7-5-4-6-8-9;;;;/h7-9,12-15H,10-11H2,1-6H3;7-9H,5H2,1-4H3;2*5-8H,1-3H3;1H2;2*1H;. The molecule has 330 valence electrons. The first-order valence-corrected chi connectivity index (χ1v) is 30.0. The fourth-order valence-corrected chi connectivity index (χ4v) is 31.6. The van der Waals surface area contributed by atoms with Gasteiger partial charge in [0.05, 0.1) is 0 Å². The Morgan fingerprint density at radius 1 is 0.613 bits per heavy atom. The molecule has 0 N–H and O–H groups in total. The molecule has 4 aliphatic rings. The molecule has 2 atom stereocenters. The van der Waals surface area contributed by atoms with E-state index in [4.69, 9.17) is 4.21 Å². The van der Waals surface area contributed by atoms with E-state index >= 15 is 0 Å². The number of fused-ring (bicyclic) bond motifs is 5. The summed E-state index contributed by atoms with van der Waals surface area (Å²) in [6, 6.07) is 30.4. The van der Waals surface area contributed by atoms with E-state index in [-0.39, 0.29) is 55.5 Å². The van der Waals surface area contributed by atoms with Crippen LogP contribution in [0.1, 0.15) is 168 Å². The molecule has 0 saturated carbocycles. The van der Waals surface area contributed by atoms with Crippen LogP contribution in [0.4, 0.5) is 0 Å². The molecular weight excluding hydrogens is 871 g/mol. The first-order valence-electron chi connectivity index (χ1n) is 23.1. The van der Waals surface area contributed by atoms with E-state index in [9.17, 15) is 0 Å². The van der Waals surface area contributed by atoms with Crippen LogP contribution in [0.5, 0.6) is 0 Å². The van der Waals surface area contributed by atoms with Crippen LogP contribution in [0, 0.1) is 11.3 Å². The van der Waals surface area contributed by atoms with Crippen molar-refractivity contribution in [2.75, 3.05) is 0 Å². The predicted octanol–water partition coefficient (Wildman–Crippen LogP) is 15.9. The Labute approximate surface area is 390 Å². The third-order valence-corrected chi connectivity index (χ3v) is 34.3. The molecule has 0 spiro atoms. The molecule has 62 heavy (non-hydrogen) atoms. The van der Waals surface area contributed by atoms with Gasteiger partial charge in [-0.3, -0.25) is 0 Å². The van der Waals surface area contributed by atoms with Gasteiger partial charge in [-0.25, -0.2) is 0 Å². The molecule has 0 bridgehead atoms. The molecule has 2 unspecified atom stereocenters. The normalized spacial score (nSPS) is 20.3. The van der Waals surface area contributed by atoms with E-state index in [0.717, 1.165) is 19.3 Å². The van der Waals surface area contributed by atoms with Gasteiger partial charge in [0, 0.05) is 0 Å². The average Bonchev–Trinajstić information content (AvgIpc) is 3.79. The minimum atomic E-state index is -5.09. The number of rotatable bonds is 5. The Hall–Kier alpha value is -2.83. The van der Waals surface area contributed by atoms with Gasteiger partial charge in [-0.15, -0.1) is 24.8 Å². The van der Waals surface area contributed by atoms with Crippen LogP contribution < -0.4 is 6.54 Å². The molecule has 4 aromatic rings. The van der Waals surface area contributed by atoms with Crippen molar-refractivity contribution >= 4 is 46.7 Å². The van der Waals surface area contributed by atoms with Crippen molar-refractivity contribution in [3.8, 4) is 11.1 Å². The van der Waals surface area contributed by atoms with E-state index in [1.807, 2.05) is 0 Å². The zero-order chi connectivity index (χ0) is 43.8. The monoisotopic (exact) mass is 944 g/mol. The maximum absolute atomic E-state index is 6.08. The van der Waals surface area contributed by atoms with Gasteiger partial charge >= 0.3 is 368 Å². The Kier molecular flexibility index (Phi) is 12.3. The molecule has 0 fully saturated rings. The van der Waals surface area contributed by atoms with Crippen molar-refractivity contribution < 1.29 is 18.3 Å². The summed E-state index contributed by atoms with van der Waals surface area (Å²) >= 11 is -5.09. The zero-order valence-electron chi connectivity index (χ0n) is 41.0. The zero-order valence-corrected chi connectivity index (χ0v) is 45.1. The van der Waals surface area contributed by atoms with Gasteiger partial charge in [0.25, 0.3) is 0 Å². The van der Waals surface area contributed by atoms with E-state index in [1.165, 1.54) is 78.9 Å². The SMILES string of the molecule is Cl.Cl.[CH2]=[Zr]([C]1=CC(C(C)(C)C)=CC1CC)([c]1ccc(C(C)(C)C)cc1)([c]1ccc(C(C)(C)C)cc1)[CH]1C=C(C)c2cc3c(cc2C1(C)C)Cc1cc2c(cc1-3)C(C)=CCC2(C)C. The summed E-state index contributed by atoms with van der Waals surface area (Å²) < 4.78 is 10.9. The van der Waals surface area contributed by atoms with Gasteiger partial charge in [0.15, 0.2) is 0 Å². The minimum absolute atomic E-state index is 0. The molecular formula is C59H76Cl2Zr.